The van der Waals surface area contributed by atoms with Gasteiger partial charge in [-0.1, -0.05) is 24.3 Å². The van der Waals surface area contributed by atoms with Gasteiger partial charge < -0.3 is 10.6 Å². The molecule has 1 aliphatic rings. The van der Waals surface area contributed by atoms with Gasteiger partial charge in [-0.3, -0.25) is 19.6 Å². The minimum absolute atomic E-state index is 0.0283. The molecule has 1 aliphatic carbocycles. The number of nitrogens with zero attached hydrogens (tertiary/aromatic N) is 2. The van der Waals surface area contributed by atoms with Gasteiger partial charge in [0.15, 0.2) is 0 Å². The van der Waals surface area contributed by atoms with Gasteiger partial charge in [-0.05, 0) is 65.8 Å². The summed E-state index contributed by atoms with van der Waals surface area (Å²) < 4.78 is 0. The minimum Gasteiger partial charge on any atom is -0.346 e. The average Bonchev–Trinajstić information content (AvgIpc) is 3.64. The number of carbonyl (C=O) groups is 2. The molecule has 6 nitrogen and oxygen atoms in total. The van der Waals surface area contributed by atoms with E-state index in [4.69, 9.17) is 0 Å². The Hall–Kier alpha value is -4.06. The second-order valence-corrected chi connectivity index (χ2v) is 8.00. The van der Waals surface area contributed by atoms with Crippen molar-refractivity contribution in [3.8, 4) is 0 Å². The van der Waals surface area contributed by atoms with Crippen LogP contribution in [-0.2, 0) is 11.3 Å². The highest BCUT2D eigenvalue weighted by molar-refractivity contribution is 5.97. The van der Waals surface area contributed by atoms with Crippen LogP contribution < -0.4 is 10.6 Å². The number of hydrogen-bond donors (Lipinski definition) is 2. The molecule has 4 aromatic rings. The largest absolute Gasteiger partial charge is 0.346 e. The Morgan fingerprint density at radius 2 is 1.81 bits per heavy atom. The maximum Gasteiger partial charge on any atom is 0.251 e. The zero-order valence-corrected chi connectivity index (χ0v) is 17.4. The van der Waals surface area contributed by atoms with Crippen molar-refractivity contribution in [1.29, 1.82) is 0 Å². The molecule has 0 radical (unpaired) electrons. The molecule has 0 spiro atoms. The van der Waals surface area contributed by atoms with E-state index in [1.54, 1.807) is 18.6 Å². The van der Waals surface area contributed by atoms with E-state index in [0.29, 0.717) is 12.1 Å². The Balaban J connectivity index is 1.17. The Morgan fingerprint density at radius 3 is 2.62 bits per heavy atom. The molecule has 6 heteroatoms. The van der Waals surface area contributed by atoms with E-state index in [-0.39, 0.29) is 23.7 Å². The monoisotopic (exact) mass is 422 g/mol. The molecule has 1 saturated carbocycles. The fraction of sp³-hybridized carbons (Fsp3) is 0.154. The van der Waals surface area contributed by atoms with Gasteiger partial charge in [0.25, 0.3) is 5.91 Å². The molecule has 5 rings (SSSR count). The molecule has 0 saturated heterocycles. The summed E-state index contributed by atoms with van der Waals surface area (Å²) in [5.74, 6) is 0.0247. The maximum atomic E-state index is 12.7. The van der Waals surface area contributed by atoms with Crippen LogP contribution >= 0.6 is 0 Å². The van der Waals surface area contributed by atoms with Crippen molar-refractivity contribution in [1.82, 2.24) is 15.3 Å². The summed E-state index contributed by atoms with van der Waals surface area (Å²) in [7, 11) is 0. The van der Waals surface area contributed by atoms with Crippen LogP contribution in [0.2, 0.25) is 0 Å². The van der Waals surface area contributed by atoms with Crippen molar-refractivity contribution in [3.05, 3.63) is 102 Å². The van der Waals surface area contributed by atoms with E-state index in [1.165, 1.54) is 0 Å². The Morgan fingerprint density at radius 1 is 0.938 bits per heavy atom. The van der Waals surface area contributed by atoms with Gasteiger partial charge in [0.1, 0.15) is 0 Å². The Kier molecular flexibility index (Phi) is 5.34. The summed E-state index contributed by atoms with van der Waals surface area (Å²) in [4.78, 5) is 33.4. The van der Waals surface area contributed by atoms with Crippen LogP contribution in [0.15, 0.2) is 85.3 Å². The lowest BCUT2D eigenvalue weighted by Gasteiger charge is -2.07. The molecule has 32 heavy (non-hydrogen) atoms. The van der Waals surface area contributed by atoms with Gasteiger partial charge in [0.05, 0.1) is 12.2 Å². The third-order valence-electron chi connectivity index (χ3n) is 5.79. The van der Waals surface area contributed by atoms with E-state index >= 15 is 0 Å². The summed E-state index contributed by atoms with van der Waals surface area (Å²) in [6.45, 7) is 0.386. The predicted octanol–water partition coefficient (Wildman–Crippen LogP) is 4.30. The SMILES string of the molecule is O=C(NCc1ccccn1)c1ccc([C@@H]2C[C@H]2C(=O)Nc2ccc3cnccc3c2)cc1. The molecule has 158 valence electrons. The number of rotatable bonds is 6. The van der Waals surface area contributed by atoms with Crippen LogP contribution in [-0.4, -0.2) is 21.8 Å². The third kappa shape index (κ3) is 4.34. The molecule has 2 N–H and O–H groups in total. The van der Waals surface area contributed by atoms with E-state index in [2.05, 4.69) is 20.6 Å². The van der Waals surface area contributed by atoms with Crippen molar-refractivity contribution in [3.63, 3.8) is 0 Å². The van der Waals surface area contributed by atoms with Crippen molar-refractivity contribution < 1.29 is 9.59 Å². The summed E-state index contributed by atoms with van der Waals surface area (Å²) in [6.07, 6.45) is 6.07. The Labute approximate surface area is 185 Å². The lowest BCUT2D eigenvalue weighted by atomic mass is 10.1. The number of fused-ring (bicyclic) bond motifs is 1. The van der Waals surface area contributed by atoms with Crippen molar-refractivity contribution >= 4 is 28.3 Å². The second kappa shape index (κ2) is 8.59. The first-order valence-electron chi connectivity index (χ1n) is 10.6. The molecular formula is C26H22N4O2. The highest BCUT2D eigenvalue weighted by Crippen LogP contribution is 2.48. The van der Waals surface area contributed by atoms with Gasteiger partial charge in [0.2, 0.25) is 5.91 Å². The first-order chi connectivity index (χ1) is 15.7. The summed E-state index contributed by atoms with van der Waals surface area (Å²) >= 11 is 0. The van der Waals surface area contributed by atoms with Crippen LogP contribution in [0.3, 0.4) is 0 Å². The van der Waals surface area contributed by atoms with E-state index in [9.17, 15) is 9.59 Å². The van der Waals surface area contributed by atoms with Crippen LogP contribution in [0.5, 0.6) is 0 Å². The molecule has 2 amide bonds. The molecule has 0 unspecified atom stereocenters. The van der Waals surface area contributed by atoms with Gasteiger partial charge in [-0.25, -0.2) is 0 Å². The van der Waals surface area contributed by atoms with E-state index < -0.39 is 0 Å². The zero-order chi connectivity index (χ0) is 21.9. The number of anilines is 1. The van der Waals surface area contributed by atoms with Gasteiger partial charge >= 0.3 is 0 Å². The molecule has 2 heterocycles. The number of hydrogen-bond acceptors (Lipinski definition) is 4. The number of amides is 2. The van der Waals surface area contributed by atoms with E-state index in [1.807, 2.05) is 66.7 Å². The molecule has 1 fully saturated rings. The standard InChI is InChI=1S/C26H22N4O2/c31-25(29-16-22-3-1-2-11-28-22)18-6-4-17(5-7-18)23-14-24(23)26(32)30-21-9-8-20-15-27-12-10-19(20)13-21/h1-13,15,23-24H,14,16H2,(H,29,31)(H,30,32)/t23-,24+/m0/s1. The topological polar surface area (TPSA) is 84.0 Å². The smallest absolute Gasteiger partial charge is 0.251 e. The highest BCUT2D eigenvalue weighted by Gasteiger charge is 2.43. The first kappa shape index (κ1) is 19.9. The minimum atomic E-state index is -0.140. The maximum absolute atomic E-state index is 12.7. The number of benzene rings is 2. The third-order valence-corrected chi connectivity index (χ3v) is 5.79. The van der Waals surface area contributed by atoms with Crippen molar-refractivity contribution in [2.75, 3.05) is 5.32 Å². The zero-order valence-electron chi connectivity index (χ0n) is 17.4. The van der Waals surface area contributed by atoms with Gasteiger partial charge in [-0.2, -0.15) is 0 Å². The number of nitrogens with one attached hydrogen (secondary N) is 2. The van der Waals surface area contributed by atoms with Crippen molar-refractivity contribution in [2.24, 2.45) is 5.92 Å². The Bertz CT molecular complexity index is 1270. The lowest BCUT2D eigenvalue weighted by molar-refractivity contribution is -0.117. The molecule has 0 bridgehead atoms. The van der Waals surface area contributed by atoms with Crippen LogP contribution in [0, 0.1) is 5.92 Å². The summed E-state index contributed by atoms with van der Waals surface area (Å²) in [6, 6.07) is 20.9. The molecule has 2 atom stereocenters. The first-order valence-corrected chi connectivity index (χ1v) is 10.6. The number of aromatic nitrogens is 2. The molecule has 0 aliphatic heterocycles. The van der Waals surface area contributed by atoms with Gasteiger partial charge in [0, 0.05) is 41.1 Å². The van der Waals surface area contributed by atoms with Crippen LogP contribution in [0.1, 0.15) is 34.0 Å². The van der Waals surface area contributed by atoms with Crippen LogP contribution in [0.25, 0.3) is 10.8 Å². The highest BCUT2D eigenvalue weighted by atomic mass is 16.2. The second-order valence-electron chi connectivity index (χ2n) is 8.00. The fourth-order valence-electron chi connectivity index (χ4n) is 3.91. The molecule has 2 aromatic heterocycles. The van der Waals surface area contributed by atoms with Gasteiger partial charge in [-0.15, -0.1) is 0 Å². The quantitative estimate of drug-likeness (QED) is 0.485. The number of carbonyl (C=O) groups excluding carboxylic acids is 2. The fourth-order valence-corrected chi connectivity index (χ4v) is 3.91. The van der Waals surface area contributed by atoms with E-state index in [0.717, 1.165) is 34.1 Å². The predicted molar refractivity (Wildman–Crippen MR) is 123 cm³/mol. The number of pyridine rings is 2. The lowest BCUT2D eigenvalue weighted by Crippen LogP contribution is -2.23. The normalized spacial score (nSPS) is 17.0. The summed E-state index contributed by atoms with van der Waals surface area (Å²) in [5, 5.41) is 7.99. The summed E-state index contributed by atoms with van der Waals surface area (Å²) in [5.41, 5.74) is 3.28. The molecule has 2 aromatic carbocycles. The average molecular weight is 422 g/mol. The molecular weight excluding hydrogens is 400 g/mol. The van der Waals surface area contributed by atoms with Crippen LogP contribution in [0.4, 0.5) is 5.69 Å². The van der Waals surface area contributed by atoms with Crippen molar-refractivity contribution in [2.45, 2.75) is 18.9 Å².